The number of hydrogen-bond acceptors (Lipinski definition) is 3. The van der Waals surface area contributed by atoms with Gasteiger partial charge in [-0.2, -0.15) is 0 Å². The molecule has 0 atom stereocenters. The minimum Gasteiger partial charge on any atom is -0.397 e. The monoisotopic (exact) mass is 308 g/mol. The quantitative estimate of drug-likeness (QED) is 0.842. The van der Waals surface area contributed by atoms with Gasteiger partial charge in [0.2, 0.25) is 5.91 Å². The van der Waals surface area contributed by atoms with Gasteiger partial charge in [-0.3, -0.25) is 4.79 Å². The highest BCUT2D eigenvalue weighted by atomic mass is 79.9. The molecule has 1 rings (SSSR count). The van der Waals surface area contributed by atoms with E-state index in [9.17, 15) is 4.79 Å². The Bertz CT molecular complexity index is 385. The minimum absolute atomic E-state index is 0. The number of anilines is 2. The number of nitrogens with one attached hydrogen (secondary N) is 1. The summed E-state index contributed by atoms with van der Waals surface area (Å²) in [5.74, 6) is -0.221. The molecule has 3 N–H and O–H groups in total. The van der Waals surface area contributed by atoms with Gasteiger partial charge in [0.25, 0.3) is 0 Å². The average Bonchev–Trinajstić information content (AvgIpc) is 2.13. The first kappa shape index (κ1) is 15.2. The SMILES string of the molecule is COCC(=O)Nc1cc(Br)cc(C)c1N.Cl. The molecule has 0 radical (unpaired) electrons. The van der Waals surface area contributed by atoms with E-state index in [2.05, 4.69) is 21.2 Å². The molecule has 0 heterocycles. The van der Waals surface area contributed by atoms with Crippen LogP contribution in [0.25, 0.3) is 0 Å². The first-order valence-corrected chi connectivity index (χ1v) is 5.18. The molecule has 1 aromatic rings. The topological polar surface area (TPSA) is 64.3 Å². The van der Waals surface area contributed by atoms with Crippen molar-refractivity contribution in [3.63, 3.8) is 0 Å². The fourth-order valence-electron chi connectivity index (χ4n) is 1.18. The van der Waals surface area contributed by atoms with Crippen LogP contribution in [-0.4, -0.2) is 19.6 Å². The zero-order chi connectivity index (χ0) is 11.4. The van der Waals surface area contributed by atoms with E-state index < -0.39 is 0 Å². The zero-order valence-corrected chi connectivity index (χ0v) is 11.4. The number of hydrogen-bond donors (Lipinski definition) is 2. The van der Waals surface area contributed by atoms with Crippen LogP contribution >= 0.6 is 28.3 Å². The smallest absolute Gasteiger partial charge is 0.250 e. The van der Waals surface area contributed by atoms with E-state index in [0.717, 1.165) is 10.0 Å². The summed E-state index contributed by atoms with van der Waals surface area (Å²) >= 11 is 3.34. The van der Waals surface area contributed by atoms with Gasteiger partial charge < -0.3 is 15.8 Å². The highest BCUT2D eigenvalue weighted by molar-refractivity contribution is 9.10. The molecule has 0 saturated carbocycles. The average molecular weight is 310 g/mol. The Morgan fingerprint density at radius 3 is 2.75 bits per heavy atom. The lowest BCUT2D eigenvalue weighted by molar-refractivity contribution is -0.119. The summed E-state index contributed by atoms with van der Waals surface area (Å²) in [5, 5.41) is 2.67. The molecular formula is C10H14BrClN2O2. The molecule has 0 fully saturated rings. The molecule has 1 aromatic carbocycles. The lowest BCUT2D eigenvalue weighted by atomic mass is 10.2. The van der Waals surface area contributed by atoms with Gasteiger partial charge >= 0.3 is 0 Å². The second-order valence-electron chi connectivity index (χ2n) is 3.17. The first-order valence-electron chi connectivity index (χ1n) is 4.39. The molecule has 16 heavy (non-hydrogen) atoms. The lowest BCUT2D eigenvalue weighted by Crippen LogP contribution is -2.18. The van der Waals surface area contributed by atoms with Gasteiger partial charge in [-0.15, -0.1) is 12.4 Å². The third kappa shape index (κ3) is 4.00. The lowest BCUT2D eigenvalue weighted by Gasteiger charge is -2.10. The van der Waals surface area contributed by atoms with E-state index >= 15 is 0 Å². The Labute approximate surface area is 109 Å². The molecule has 0 unspecified atom stereocenters. The number of rotatable bonds is 3. The second kappa shape index (κ2) is 6.73. The minimum atomic E-state index is -0.221. The van der Waals surface area contributed by atoms with Crippen molar-refractivity contribution < 1.29 is 9.53 Å². The highest BCUT2D eigenvalue weighted by Crippen LogP contribution is 2.27. The number of amides is 1. The van der Waals surface area contributed by atoms with Crippen molar-refractivity contribution >= 4 is 45.6 Å². The molecule has 0 aliphatic carbocycles. The van der Waals surface area contributed by atoms with Crippen LogP contribution in [0.15, 0.2) is 16.6 Å². The predicted molar refractivity (Wildman–Crippen MR) is 71.0 cm³/mol. The van der Waals surface area contributed by atoms with Crippen molar-refractivity contribution in [2.75, 3.05) is 24.8 Å². The Hall–Kier alpha value is -0.780. The van der Waals surface area contributed by atoms with Crippen molar-refractivity contribution in [1.29, 1.82) is 0 Å². The number of aryl methyl sites for hydroxylation is 1. The van der Waals surface area contributed by atoms with E-state index in [1.807, 2.05) is 13.0 Å². The zero-order valence-electron chi connectivity index (χ0n) is 9.04. The van der Waals surface area contributed by atoms with Crippen LogP contribution in [0.2, 0.25) is 0 Å². The van der Waals surface area contributed by atoms with Crippen LogP contribution in [0.5, 0.6) is 0 Å². The number of methoxy groups -OCH3 is 1. The summed E-state index contributed by atoms with van der Waals surface area (Å²) in [6, 6.07) is 3.65. The van der Waals surface area contributed by atoms with Crippen molar-refractivity contribution in [2.24, 2.45) is 0 Å². The molecule has 0 saturated heterocycles. The maximum Gasteiger partial charge on any atom is 0.250 e. The van der Waals surface area contributed by atoms with Crippen molar-refractivity contribution in [2.45, 2.75) is 6.92 Å². The molecule has 4 nitrogen and oxygen atoms in total. The fourth-order valence-corrected chi connectivity index (χ4v) is 1.75. The molecular weight excluding hydrogens is 295 g/mol. The van der Waals surface area contributed by atoms with Crippen LogP contribution in [-0.2, 0) is 9.53 Å². The van der Waals surface area contributed by atoms with Crippen LogP contribution in [0, 0.1) is 6.92 Å². The number of nitrogens with two attached hydrogens (primary N) is 1. The summed E-state index contributed by atoms with van der Waals surface area (Å²) in [4.78, 5) is 11.3. The molecule has 0 aliphatic rings. The Balaban J connectivity index is 0.00000225. The maximum absolute atomic E-state index is 11.3. The van der Waals surface area contributed by atoms with Gasteiger partial charge in [0.15, 0.2) is 0 Å². The fraction of sp³-hybridized carbons (Fsp3) is 0.300. The summed E-state index contributed by atoms with van der Waals surface area (Å²) in [6.07, 6.45) is 0. The van der Waals surface area contributed by atoms with E-state index in [4.69, 9.17) is 10.5 Å². The Morgan fingerprint density at radius 1 is 1.56 bits per heavy atom. The van der Waals surface area contributed by atoms with E-state index in [1.54, 1.807) is 6.07 Å². The van der Waals surface area contributed by atoms with Crippen LogP contribution in [0.4, 0.5) is 11.4 Å². The van der Waals surface area contributed by atoms with Crippen molar-refractivity contribution in [3.8, 4) is 0 Å². The number of ether oxygens (including phenoxy) is 1. The number of carbonyl (C=O) groups excluding carboxylic acids is 1. The van der Waals surface area contributed by atoms with Gasteiger partial charge in [0.05, 0.1) is 11.4 Å². The molecule has 6 heteroatoms. The van der Waals surface area contributed by atoms with Crippen molar-refractivity contribution in [3.05, 3.63) is 22.2 Å². The summed E-state index contributed by atoms with van der Waals surface area (Å²) in [7, 11) is 1.47. The van der Waals surface area contributed by atoms with Gasteiger partial charge in [-0.1, -0.05) is 15.9 Å². The van der Waals surface area contributed by atoms with Gasteiger partial charge in [0.1, 0.15) is 6.61 Å². The number of halogens is 2. The molecule has 0 bridgehead atoms. The number of nitrogen functional groups attached to an aromatic ring is 1. The summed E-state index contributed by atoms with van der Waals surface area (Å²) in [6.45, 7) is 1.90. The van der Waals surface area contributed by atoms with Crippen LogP contribution < -0.4 is 11.1 Å². The molecule has 0 aliphatic heterocycles. The third-order valence-electron chi connectivity index (χ3n) is 1.90. The highest BCUT2D eigenvalue weighted by Gasteiger charge is 2.07. The molecule has 0 aromatic heterocycles. The van der Waals surface area contributed by atoms with Gasteiger partial charge in [-0.05, 0) is 24.6 Å². The summed E-state index contributed by atoms with van der Waals surface area (Å²) < 4.78 is 5.59. The molecule has 1 amide bonds. The summed E-state index contributed by atoms with van der Waals surface area (Å²) in [5.41, 5.74) is 7.91. The second-order valence-corrected chi connectivity index (χ2v) is 4.08. The van der Waals surface area contributed by atoms with Crippen molar-refractivity contribution in [1.82, 2.24) is 0 Å². The molecule has 90 valence electrons. The van der Waals surface area contributed by atoms with Gasteiger partial charge in [0, 0.05) is 11.6 Å². The van der Waals surface area contributed by atoms with E-state index in [-0.39, 0.29) is 24.9 Å². The Kier molecular flexibility index (Phi) is 6.40. The number of carbonyl (C=O) groups is 1. The first-order chi connectivity index (χ1) is 7.04. The van der Waals surface area contributed by atoms with Crippen LogP contribution in [0.1, 0.15) is 5.56 Å². The predicted octanol–water partition coefficient (Wildman–Crippen LogP) is 2.35. The Morgan fingerprint density at radius 2 is 2.19 bits per heavy atom. The maximum atomic E-state index is 11.3. The van der Waals surface area contributed by atoms with E-state index in [1.165, 1.54) is 7.11 Å². The molecule has 0 spiro atoms. The van der Waals surface area contributed by atoms with E-state index in [0.29, 0.717) is 11.4 Å². The number of benzene rings is 1. The normalized spacial score (nSPS) is 9.44. The third-order valence-corrected chi connectivity index (χ3v) is 2.36. The largest absolute Gasteiger partial charge is 0.397 e. The van der Waals surface area contributed by atoms with Gasteiger partial charge in [-0.25, -0.2) is 0 Å². The van der Waals surface area contributed by atoms with Crippen LogP contribution in [0.3, 0.4) is 0 Å². The standard InChI is InChI=1S/C10H13BrN2O2.ClH/c1-6-3-7(11)4-8(10(6)12)13-9(14)5-15-2;/h3-4H,5,12H2,1-2H3,(H,13,14);1H.